The van der Waals surface area contributed by atoms with Crippen molar-refractivity contribution < 1.29 is 41.8 Å². The van der Waals surface area contributed by atoms with E-state index < -0.39 is 36.1 Å². The summed E-state index contributed by atoms with van der Waals surface area (Å²) in [6, 6.07) is 15.6. The number of ether oxygens (including phenoxy) is 3. The van der Waals surface area contributed by atoms with Crippen molar-refractivity contribution in [2.75, 3.05) is 18.7 Å². The lowest BCUT2D eigenvalue weighted by Gasteiger charge is -2.10. The summed E-state index contributed by atoms with van der Waals surface area (Å²) in [7, 11) is 0. The molecule has 1 heterocycles. The number of amides is 3. The van der Waals surface area contributed by atoms with Crippen molar-refractivity contribution in [3.05, 3.63) is 83.4 Å². The molecule has 0 fully saturated rings. The van der Waals surface area contributed by atoms with E-state index in [2.05, 4.69) is 21.2 Å². The van der Waals surface area contributed by atoms with Gasteiger partial charge < -0.3 is 24.8 Å². The van der Waals surface area contributed by atoms with Gasteiger partial charge in [0, 0.05) is 12.2 Å². The zero-order valence-corrected chi connectivity index (χ0v) is 20.1. The van der Waals surface area contributed by atoms with Gasteiger partial charge in [0.15, 0.2) is 18.1 Å². The molecule has 3 aromatic carbocycles. The van der Waals surface area contributed by atoms with Crippen LogP contribution in [-0.2, 0) is 27.1 Å². The van der Waals surface area contributed by atoms with Crippen LogP contribution in [0.5, 0.6) is 17.2 Å². The summed E-state index contributed by atoms with van der Waals surface area (Å²) in [6.45, 7) is -0.196. The lowest BCUT2D eigenvalue weighted by atomic mass is 10.2. The van der Waals surface area contributed by atoms with Crippen LogP contribution >= 0.6 is 0 Å². The van der Waals surface area contributed by atoms with Crippen LogP contribution in [-0.4, -0.2) is 37.3 Å². The molecule has 202 valence electrons. The van der Waals surface area contributed by atoms with Crippen molar-refractivity contribution in [2.24, 2.45) is 5.10 Å². The van der Waals surface area contributed by atoms with Crippen LogP contribution in [0.25, 0.3) is 0 Å². The Morgan fingerprint density at radius 2 is 1.72 bits per heavy atom. The zero-order valence-electron chi connectivity index (χ0n) is 20.1. The lowest BCUT2D eigenvalue weighted by molar-refractivity contribution is -0.139. The molecule has 1 aliphatic heterocycles. The molecule has 0 unspecified atom stereocenters. The monoisotopic (exact) mass is 542 g/mol. The molecule has 0 aliphatic carbocycles. The van der Waals surface area contributed by atoms with Crippen LogP contribution in [0.15, 0.2) is 71.8 Å². The molecule has 10 nitrogen and oxygen atoms in total. The van der Waals surface area contributed by atoms with Crippen molar-refractivity contribution in [3.8, 4) is 17.2 Å². The van der Waals surface area contributed by atoms with Crippen molar-refractivity contribution in [1.82, 2.24) is 10.7 Å². The molecule has 0 atom stereocenters. The smallest absolute Gasteiger partial charge is 0.416 e. The van der Waals surface area contributed by atoms with Gasteiger partial charge in [0.05, 0.1) is 11.8 Å². The molecular formula is C26H21F3N4O6. The van der Waals surface area contributed by atoms with Gasteiger partial charge in [-0.05, 0) is 65.7 Å². The summed E-state index contributed by atoms with van der Waals surface area (Å²) < 4.78 is 54.2. The zero-order chi connectivity index (χ0) is 27.8. The number of alkyl halides is 3. The first-order chi connectivity index (χ1) is 18.7. The van der Waals surface area contributed by atoms with Crippen molar-refractivity contribution in [2.45, 2.75) is 12.7 Å². The average Bonchev–Trinajstić information content (AvgIpc) is 3.39. The number of fused-ring (bicyclic) bond motifs is 1. The van der Waals surface area contributed by atoms with Gasteiger partial charge in [0.1, 0.15) is 5.75 Å². The number of hydrogen-bond donors (Lipinski definition) is 3. The first-order valence-corrected chi connectivity index (χ1v) is 11.4. The Balaban J connectivity index is 1.18. The van der Waals surface area contributed by atoms with Gasteiger partial charge in [-0.15, -0.1) is 0 Å². The summed E-state index contributed by atoms with van der Waals surface area (Å²) in [4.78, 5) is 36.0. The molecule has 13 heteroatoms. The van der Waals surface area contributed by atoms with Gasteiger partial charge in [-0.25, -0.2) is 5.43 Å². The molecule has 0 spiro atoms. The number of carbonyl (C=O) groups is 3. The van der Waals surface area contributed by atoms with Gasteiger partial charge >= 0.3 is 18.0 Å². The van der Waals surface area contributed by atoms with Gasteiger partial charge in [-0.3, -0.25) is 14.4 Å². The number of hydrazone groups is 1. The molecule has 1 aliphatic rings. The summed E-state index contributed by atoms with van der Waals surface area (Å²) in [5, 5.41) is 8.55. The fourth-order valence-corrected chi connectivity index (χ4v) is 3.30. The van der Waals surface area contributed by atoms with Crippen LogP contribution in [0.3, 0.4) is 0 Å². The highest BCUT2D eigenvalue weighted by atomic mass is 19.4. The molecule has 0 radical (unpaired) electrons. The first-order valence-electron chi connectivity index (χ1n) is 11.4. The van der Waals surface area contributed by atoms with Crippen LogP contribution in [0, 0.1) is 0 Å². The van der Waals surface area contributed by atoms with E-state index in [1.807, 2.05) is 0 Å². The molecule has 0 aromatic heterocycles. The minimum absolute atomic E-state index is 0.00588. The molecule has 0 saturated heterocycles. The van der Waals surface area contributed by atoms with E-state index in [0.717, 1.165) is 17.7 Å². The third-order valence-electron chi connectivity index (χ3n) is 5.20. The number of anilines is 1. The summed E-state index contributed by atoms with van der Waals surface area (Å²) >= 11 is 0. The number of benzene rings is 3. The second-order valence-electron chi connectivity index (χ2n) is 8.05. The second kappa shape index (κ2) is 12.0. The maximum absolute atomic E-state index is 12.8. The average molecular weight is 542 g/mol. The Morgan fingerprint density at radius 3 is 2.49 bits per heavy atom. The fraction of sp³-hybridized carbons (Fsp3) is 0.154. The summed E-state index contributed by atoms with van der Waals surface area (Å²) in [5.74, 6) is -0.990. The SMILES string of the molecule is O=C(COc1ccc(/C=N\NC(=O)C(=O)NCc2ccc3c(c2)OCO3)cc1)Nc1cccc(C(F)(F)F)c1. The minimum Gasteiger partial charge on any atom is -0.484 e. The number of nitrogens with one attached hydrogen (secondary N) is 3. The van der Waals surface area contributed by atoms with Crippen molar-refractivity contribution >= 4 is 29.6 Å². The minimum atomic E-state index is -4.52. The molecule has 0 saturated carbocycles. The number of rotatable bonds is 8. The molecular weight excluding hydrogens is 521 g/mol. The van der Waals surface area contributed by atoms with E-state index in [0.29, 0.717) is 22.8 Å². The molecule has 0 bridgehead atoms. The Hall–Kier alpha value is -5.07. The normalized spacial score (nSPS) is 12.2. The Labute approximate surface area is 219 Å². The number of nitrogens with zero attached hydrogens (tertiary/aromatic N) is 1. The lowest BCUT2D eigenvalue weighted by Crippen LogP contribution is -2.37. The van der Waals surface area contributed by atoms with Crippen LogP contribution < -0.4 is 30.3 Å². The topological polar surface area (TPSA) is 127 Å². The van der Waals surface area contributed by atoms with Crippen LogP contribution in [0.2, 0.25) is 0 Å². The standard InChI is InChI=1S/C26H21F3N4O6/c27-26(28,29)18-2-1-3-19(11-18)32-23(34)14-37-20-7-4-16(5-8-20)13-31-33-25(36)24(35)30-12-17-6-9-21-22(10-17)39-15-38-21/h1-11,13H,12,14-15H2,(H,30,35)(H,32,34)(H,33,36)/b31-13-. The van der Waals surface area contributed by atoms with Crippen molar-refractivity contribution in [1.29, 1.82) is 0 Å². The number of hydrogen-bond acceptors (Lipinski definition) is 7. The van der Waals surface area contributed by atoms with E-state index in [1.54, 1.807) is 30.3 Å². The maximum atomic E-state index is 12.8. The summed E-state index contributed by atoms with van der Waals surface area (Å²) in [5.41, 5.74) is 2.51. The Kier molecular flexibility index (Phi) is 8.29. The van der Waals surface area contributed by atoms with Crippen LogP contribution in [0.4, 0.5) is 18.9 Å². The van der Waals surface area contributed by atoms with Crippen LogP contribution in [0.1, 0.15) is 16.7 Å². The third-order valence-corrected chi connectivity index (χ3v) is 5.20. The largest absolute Gasteiger partial charge is 0.484 e. The maximum Gasteiger partial charge on any atom is 0.416 e. The number of carbonyl (C=O) groups excluding carboxylic acids is 3. The van der Waals surface area contributed by atoms with E-state index >= 15 is 0 Å². The Morgan fingerprint density at radius 1 is 0.949 bits per heavy atom. The number of halogens is 3. The second-order valence-corrected chi connectivity index (χ2v) is 8.05. The predicted octanol–water partition coefficient (Wildman–Crippen LogP) is 3.22. The quantitative estimate of drug-likeness (QED) is 0.228. The third kappa shape index (κ3) is 7.71. The summed E-state index contributed by atoms with van der Waals surface area (Å²) in [6.07, 6.45) is -3.22. The molecule has 3 N–H and O–H groups in total. The highest BCUT2D eigenvalue weighted by Gasteiger charge is 2.30. The van der Waals surface area contributed by atoms with E-state index in [9.17, 15) is 27.6 Å². The van der Waals surface area contributed by atoms with Gasteiger partial charge in [-0.1, -0.05) is 12.1 Å². The van der Waals surface area contributed by atoms with Gasteiger partial charge in [0.25, 0.3) is 5.91 Å². The molecule has 3 amide bonds. The van der Waals surface area contributed by atoms with E-state index in [4.69, 9.17) is 14.2 Å². The first kappa shape index (κ1) is 27.0. The Bertz CT molecular complexity index is 1390. The highest BCUT2D eigenvalue weighted by molar-refractivity contribution is 6.35. The van der Waals surface area contributed by atoms with E-state index in [1.165, 1.54) is 30.5 Å². The van der Waals surface area contributed by atoms with E-state index in [-0.39, 0.29) is 19.0 Å². The van der Waals surface area contributed by atoms with Gasteiger partial charge in [0.2, 0.25) is 6.79 Å². The van der Waals surface area contributed by atoms with Crippen molar-refractivity contribution in [3.63, 3.8) is 0 Å². The molecule has 3 aromatic rings. The molecule has 39 heavy (non-hydrogen) atoms. The highest BCUT2D eigenvalue weighted by Crippen LogP contribution is 2.32. The predicted molar refractivity (Wildman–Crippen MR) is 132 cm³/mol. The van der Waals surface area contributed by atoms with Gasteiger partial charge in [-0.2, -0.15) is 18.3 Å². The molecule has 4 rings (SSSR count). The fourth-order valence-electron chi connectivity index (χ4n) is 3.30.